The second kappa shape index (κ2) is 6.62. The van der Waals surface area contributed by atoms with Gasteiger partial charge in [-0.25, -0.2) is 4.79 Å². The number of benzene rings is 3. The molecule has 0 unspecified atom stereocenters. The molecule has 0 aliphatic carbocycles. The zero-order valence-electron chi connectivity index (χ0n) is 14.2. The Bertz CT molecular complexity index is 851. The standard InChI is InChI=1S/C20H21N3O/c1-22(2)17-13-11-16(12-14-17)21-20(24)23(3)19-10-6-8-15-7-4-5-9-18(15)19/h4-14H,1-3H3,(H,21,24). The number of anilines is 3. The summed E-state index contributed by atoms with van der Waals surface area (Å²) in [5.41, 5.74) is 2.75. The van der Waals surface area contributed by atoms with Gasteiger partial charge in [0.25, 0.3) is 0 Å². The number of hydrogen-bond acceptors (Lipinski definition) is 2. The van der Waals surface area contributed by atoms with Crippen molar-refractivity contribution in [1.82, 2.24) is 0 Å². The Balaban J connectivity index is 1.81. The van der Waals surface area contributed by atoms with E-state index in [1.54, 1.807) is 11.9 Å². The van der Waals surface area contributed by atoms with Crippen LogP contribution in [0, 0.1) is 0 Å². The number of nitrogens with zero attached hydrogens (tertiary/aromatic N) is 2. The summed E-state index contributed by atoms with van der Waals surface area (Å²) in [7, 11) is 5.76. The molecule has 0 spiro atoms. The number of nitrogens with one attached hydrogen (secondary N) is 1. The van der Waals surface area contributed by atoms with Gasteiger partial charge in [0.2, 0.25) is 0 Å². The van der Waals surface area contributed by atoms with Gasteiger partial charge in [-0.05, 0) is 35.7 Å². The summed E-state index contributed by atoms with van der Waals surface area (Å²) >= 11 is 0. The predicted molar refractivity (Wildman–Crippen MR) is 102 cm³/mol. The second-order valence-electron chi connectivity index (χ2n) is 5.93. The maximum Gasteiger partial charge on any atom is 0.326 e. The smallest absolute Gasteiger partial charge is 0.326 e. The molecule has 0 aromatic heterocycles. The molecule has 2 amide bonds. The Morgan fingerprint density at radius 3 is 2.21 bits per heavy atom. The van der Waals surface area contributed by atoms with Crippen LogP contribution < -0.4 is 15.1 Å². The van der Waals surface area contributed by atoms with E-state index in [1.165, 1.54) is 0 Å². The van der Waals surface area contributed by atoms with Crippen LogP contribution in [0.1, 0.15) is 0 Å². The summed E-state index contributed by atoms with van der Waals surface area (Å²) in [5, 5.41) is 5.11. The van der Waals surface area contributed by atoms with E-state index in [0.717, 1.165) is 27.8 Å². The number of fused-ring (bicyclic) bond motifs is 1. The molecule has 4 nitrogen and oxygen atoms in total. The fourth-order valence-corrected chi connectivity index (χ4v) is 2.66. The highest BCUT2D eigenvalue weighted by Gasteiger charge is 2.13. The van der Waals surface area contributed by atoms with E-state index in [9.17, 15) is 4.79 Å². The normalized spacial score (nSPS) is 10.5. The molecular formula is C20H21N3O. The maximum absolute atomic E-state index is 12.6. The first-order valence-corrected chi connectivity index (χ1v) is 7.86. The van der Waals surface area contributed by atoms with Gasteiger partial charge in [-0.2, -0.15) is 0 Å². The molecule has 0 heterocycles. The van der Waals surface area contributed by atoms with Crippen LogP contribution in [0.3, 0.4) is 0 Å². The van der Waals surface area contributed by atoms with E-state index in [2.05, 4.69) is 5.32 Å². The van der Waals surface area contributed by atoms with Crippen molar-refractivity contribution in [3.05, 3.63) is 66.7 Å². The van der Waals surface area contributed by atoms with E-state index < -0.39 is 0 Å². The first-order valence-electron chi connectivity index (χ1n) is 7.86. The third kappa shape index (κ3) is 3.18. The van der Waals surface area contributed by atoms with Crippen molar-refractivity contribution in [2.24, 2.45) is 0 Å². The van der Waals surface area contributed by atoms with Gasteiger partial charge in [0.15, 0.2) is 0 Å². The maximum atomic E-state index is 12.6. The fraction of sp³-hybridized carbons (Fsp3) is 0.150. The van der Waals surface area contributed by atoms with Crippen LogP contribution in [0.25, 0.3) is 10.8 Å². The van der Waals surface area contributed by atoms with Gasteiger partial charge >= 0.3 is 6.03 Å². The van der Waals surface area contributed by atoms with Gasteiger partial charge in [0.05, 0.1) is 5.69 Å². The SMILES string of the molecule is CN(C)c1ccc(NC(=O)N(C)c2cccc3ccccc23)cc1. The lowest BCUT2D eigenvalue weighted by Gasteiger charge is -2.20. The quantitative estimate of drug-likeness (QED) is 0.767. The van der Waals surface area contributed by atoms with E-state index in [4.69, 9.17) is 0 Å². The summed E-state index contributed by atoms with van der Waals surface area (Å²) in [5.74, 6) is 0. The monoisotopic (exact) mass is 319 g/mol. The molecule has 3 aromatic rings. The van der Waals surface area contributed by atoms with Crippen molar-refractivity contribution in [2.45, 2.75) is 0 Å². The first kappa shape index (κ1) is 15.9. The number of hydrogen-bond donors (Lipinski definition) is 1. The van der Waals surface area contributed by atoms with Gasteiger partial charge in [-0.15, -0.1) is 0 Å². The average Bonchev–Trinajstić information content (AvgIpc) is 2.61. The number of carbonyl (C=O) groups is 1. The van der Waals surface area contributed by atoms with Crippen molar-refractivity contribution in [1.29, 1.82) is 0 Å². The van der Waals surface area contributed by atoms with Crippen LogP contribution in [-0.2, 0) is 0 Å². The first-order chi connectivity index (χ1) is 11.6. The molecule has 0 atom stereocenters. The van der Waals surface area contributed by atoms with Crippen LogP contribution in [0.2, 0.25) is 0 Å². The molecule has 0 radical (unpaired) electrons. The Labute approximate surface area is 142 Å². The second-order valence-corrected chi connectivity index (χ2v) is 5.93. The molecule has 4 heteroatoms. The van der Waals surface area contributed by atoms with Gasteiger partial charge in [0.1, 0.15) is 0 Å². The van der Waals surface area contributed by atoms with Crippen LogP contribution in [-0.4, -0.2) is 27.2 Å². The highest BCUT2D eigenvalue weighted by molar-refractivity contribution is 6.07. The largest absolute Gasteiger partial charge is 0.378 e. The highest BCUT2D eigenvalue weighted by atomic mass is 16.2. The van der Waals surface area contributed by atoms with Crippen LogP contribution in [0.4, 0.5) is 21.9 Å². The minimum atomic E-state index is -0.163. The average molecular weight is 319 g/mol. The Morgan fingerprint density at radius 1 is 0.833 bits per heavy atom. The van der Waals surface area contributed by atoms with Crippen molar-refractivity contribution in [2.75, 3.05) is 36.3 Å². The molecule has 24 heavy (non-hydrogen) atoms. The summed E-state index contributed by atoms with van der Waals surface area (Å²) in [4.78, 5) is 16.2. The lowest BCUT2D eigenvalue weighted by Crippen LogP contribution is -2.31. The highest BCUT2D eigenvalue weighted by Crippen LogP contribution is 2.26. The molecule has 3 rings (SSSR count). The zero-order chi connectivity index (χ0) is 17.1. The van der Waals surface area contributed by atoms with Crippen molar-refractivity contribution in [3.8, 4) is 0 Å². The van der Waals surface area contributed by atoms with Crippen LogP contribution >= 0.6 is 0 Å². The van der Waals surface area contributed by atoms with E-state index in [0.29, 0.717) is 0 Å². The molecule has 0 fully saturated rings. The van der Waals surface area contributed by atoms with Gasteiger partial charge in [0, 0.05) is 37.9 Å². The lowest BCUT2D eigenvalue weighted by molar-refractivity contribution is 0.258. The third-order valence-corrected chi connectivity index (χ3v) is 4.07. The van der Waals surface area contributed by atoms with Crippen molar-refractivity contribution in [3.63, 3.8) is 0 Å². The van der Waals surface area contributed by atoms with Crippen LogP contribution in [0.15, 0.2) is 66.7 Å². The summed E-state index contributed by atoms with van der Waals surface area (Å²) in [6.45, 7) is 0. The predicted octanol–water partition coefficient (Wildman–Crippen LogP) is 4.57. The lowest BCUT2D eigenvalue weighted by atomic mass is 10.1. The summed E-state index contributed by atoms with van der Waals surface area (Å²) in [6.07, 6.45) is 0. The van der Waals surface area contributed by atoms with Gasteiger partial charge in [-0.1, -0.05) is 36.4 Å². The molecule has 0 saturated heterocycles. The molecule has 0 aliphatic heterocycles. The molecular weight excluding hydrogens is 298 g/mol. The topological polar surface area (TPSA) is 35.6 Å². The minimum Gasteiger partial charge on any atom is -0.378 e. The summed E-state index contributed by atoms with van der Waals surface area (Å²) < 4.78 is 0. The van der Waals surface area contributed by atoms with Gasteiger partial charge in [-0.3, -0.25) is 4.90 Å². The fourth-order valence-electron chi connectivity index (χ4n) is 2.66. The van der Waals surface area contributed by atoms with E-state index in [-0.39, 0.29) is 6.03 Å². The minimum absolute atomic E-state index is 0.163. The van der Waals surface area contributed by atoms with Crippen molar-refractivity contribution >= 4 is 33.9 Å². The Morgan fingerprint density at radius 2 is 1.50 bits per heavy atom. The molecule has 0 bridgehead atoms. The Kier molecular flexibility index (Phi) is 4.38. The molecule has 0 saturated carbocycles. The summed E-state index contributed by atoms with van der Waals surface area (Å²) in [6, 6.07) is 21.6. The number of rotatable bonds is 3. The molecule has 0 aliphatic rings. The van der Waals surface area contributed by atoms with Crippen molar-refractivity contribution < 1.29 is 4.79 Å². The Hall–Kier alpha value is -3.01. The number of carbonyl (C=O) groups excluding carboxylic acids is 1. The van der Waals surface area contributed by atoms with E-state index in [1.807, 2.05) is 85.7 Å². The zero-order valence-corrected chi connectivity index (χ0v) is 14.2. The van der Waals surface area contributed by atoms with Gasteiger partial charge < -0.3 is 10.2 Å². The third-order valence-electron chi connectivity index (χ3n) is 4.07. The molecule has 3 aromatic carbocycles. The number of amides is 2. The molecule has 1 N–H and O–H groups in total. The number of urea groups is 1. The molecule has 122 valence electrons. The van der Waals surface area contributed by atoms with Crippen LogP contribution in [0.5, 0.6) is 0 Å². The van der Waals surface area contributed by atoms with E-state index >= 15 is 0 Å².